The van der Waals surface area contributed by atoms with Gasteiger partial charge in [-0.25, -0.2) is 4.79 Å². The van der Waals surface area contributed by atoms with E-state index in [1.807, 2.05) is 0 Å². The highest BCUT2D eigenvalue weighted by molar-refractivity contribution is 7.78. The number of hydrogen-bond acceptors (Lipinski definition) is 6. The first-order valence-corrected chi connectivity index (χ1v) is 7.14. The standard InChI is InChI=1S/C13H18O6S/c1-9-11(13(14)18-3)5-4-10(8-20(15)16)12(9)19-7-6-17-2/h4-5H,6-8H2,1-3H3,(H,15,16)/p-1. The number of methoxy groups -OCH3 is 2. The molecule has 1 atom stereocenters. The van der Waals surface area contributed by atoms with Gasteiger partial charge in [-0.05, 0) is 13.0 Å². The minimum absolute atomic E-state index is 0.176. The molecule has 20 heavy (non-hydrogen) atoms. The average molecular weight is 301 g/mol. The van der Waals surface area contributed by atoms with Crippen LogP contribution in [0.3, 0.4) is 0 Å². The molecule has 0 fully saturated rings. The summed E-state index contributed by atoms with van der Waals surface area (Å²) < 4.78 is 36.8. The van der Waals surface area contributed by atoms with Crippen molar-refractivity contribution in [2.75, 3.05) is 27.4 Å². The van der Waals surface area contributed by atoms with Gasteiger partial charge in [-0.2, -0.15) is 0 Å². The Balaban J connectivity index is 3.15. The molecular weight excluding hydrogens is 284 g/mol. The predicted octanol–water partition coefficient (Wildman–Crippen LogP) is 1.19. The summed E-state index contributed by atoms with van der Waals surface area (Å²) in [4.78, 5) is 11.6. The summed E-state index contributed by atoms with van der Waals surface area (Å²) in [6, 6.07) is 3.09. The van der Waals surface area contributed by atoms with Gasteiger partial charge in [-0.15, -0.1) is 0 Å². The molecule has 0 saturated heterocycles. The maximum atomic E-state index is 11.6. The van der Waals surface area contributed by atoms with Crippen molar-refractivity contribution in [2.24, 2.45) is 0 Å². The van der Waals surface area contributed by atoms with Crippen molar-refractivity contribution in [3.05, 3.63) is 28.8 Å². The van der Waals surface area contributed by atoms with E-state index in [-0.39, 0.29) is 12.4 Å². The second-order valence-electron chi connectivity index (χ2n) is 4.01. The van der Waals surface area contributed by atoms with E-state index in [0.29, 0.717) is 29.0 Å². The molecule has 1 aromatic carbocycles. The highest BCUT2D eigenvalue weighted by atomic mass is 32.2. The zero-order valence-corrected chi connectivity index (χ0v) is 12.5. The van der Waals surface area contributed by atoms with E-state index in [0.717, 1.165) is 0 Å². The minimum atomic E-state index is -2.24. The molecule has 0 bridgehead atoms. The van der Waals surface area contributed by atoms with Gasteiger partial charge in [-0.3, -0.25) is 4.21 Å². The molecule has 0 saturated carbocycles. The van der Waals surface area contributed by atoms with Crippen molar-refractivity contribution in [3.63, 3.8) is 0 Å². The molecule has 7 heteroatoms. The van der Waals surface area contributed by atoms with Crippen LogP contribution in [-0.4, -0.2) is 42.2 Å². The molecule has 0 N–H and O–H groups in total. The smallest absolute Gasteiger partial charge is 0.338 e. The van der Waals surface area contributed by atoms with Crippen LogP contribution in [0.1, 0.15) is 21.5 Å². The van der Waals surface area contributed by atoms with Crippen LogP contribution in [0.2, 0.25) is 0 Å². The van der Waals surface area contributed by atoms with Gasteiger partial charge in [0.2, 0.25) is 0 Å². The van der Waals surface area contributed by atoms with E-state index in [2.05, 4.69) is 4.74 Å². The van der Waals surface area contributed by atoms with Gasteiger partial charge in [0.15, 0.2) is 0 Å². The van der Waals surface area contributed by atoms with Gasteiger partial charge in [-0.1, -0.05) is 17.1 Å². The molecule has 0 amide bonds. The van der Waals surface area contributed by atoms with Gasteiger partial charge in [0, 0.05) is 24.0 Å². The number of hydrogen-bond donors (Lipinski definition) is 0. The van der Waals surface area contributed by atoms with Crippen molar-refractivity contribution in [3.8, 4) is 5.75 Å². The van der Waals surface area contributed by atoms with Gasteiger partial charge in [0.05, 0.1) is 19.3 Å². The van der Waals surface area contributed by atoms with Crippen LogP contribution in [0.15, 0.2) is 12.1 Å². The maximum Gasteiger partial charge on any atom is 0.338 e. The lowest BCUT2D eigenvalue weighted by Crippen LogP contribution is -2.11. The Morgan fingerprint density at radius 1 is 1.30 bits per heavy atom. The normalized spacial score (nSPS) is 12.0. The molecule has 1 unspecified atom stereocenters. The van der Waals surface area contributed by atoms with E-state index in [1.165, 1.54) is 20.3 Å². The van der Waals surface area contributed by atoms with Crippen LogP contribution in [-0.2, 0) is 26.3 Å². The van der Waals surface area contributed by atoms with E-state index in [4.69, 9.17) is 9.47 Å². The molecule has 0 heterocycles. The predicted molar refractivity (Wildman–Crippen MR) is 72.5 cm³/mol. The minimum Gasteiger partial charge on any atom is -0.772 e. The van der Waals surface area contributed by atoms with Crippen molar-refractivity contribution >= 4 is 17.0 Å². The topological polar surface area (TPSA) is 84.9 Å². The van der Waals surface area contributed by atoms with Crippen molar-refractivity contribution < 1.29 is 27.8 Å². The Bertz CT molecular complexity index is 500. The average Bonchev–Trinajstić information content (AvgIpc) is 2.41. The van der Waals surface area contributed by atoms with Crippen LogP contribution in [0.25, 0.3) is 0 Å². The third-order valence-corrected chi connectivity index (χ3v) is 3.25. The molecule has 0 aromatic heterocycles. The molecule has 0 aliphatic carbocycles. The monoisotopic (exact) mass is 301 g/mol. The Labute approximate surface area is 120 Å². The largest absolute Gasteiger partial charge is 0.772 e. The second-order valence-corrected chi connectivity index (χ2v) is 4.90. The fourth-order valence-electron chi connectivity index (χ4n) is 1.75. The number of carbonyl (C=O) groups is 1. The number of benzene rings is 1. The Kier molecular flexibility index (Phi) is 6.63. The van der Waals surface area contributed by atoms with Gasteiger partial charge in [0.25, 0.3) is 0 Å². The van der Waals surface area contributed by atoms with E-state index in [1.54, 1.807) is 13.0 Å². The first kappa shape index (κ1) is 16.6. The van der Waals surface area contributed by atoms with Crippen LogP contribution in [0, 0.1) is 6.92 Å². The molecule has 112 valence electrons. The number of ether oxygens (including phenoxy) is 3. The molecular formula is C13H17O6S-. The summed E-state index contributed by atoms with van der Waals surface area (Å²) in [5.74, 6) is -0.284. The summed E-state index contributed by atoms with van der Waals surface area (Å²) >= 11 is -2.24. The third-order valence-electron chi connectivity index (χ3n) is 2.70. The lowest BCUT2D eigenvalue weighted by molar-refractivity contribution is 0.0599. The van der Waals surface area contributed by atoms with E-state index < -0.39 is 17.0 Å². The number of esters is 1. The van der Waals surface area contributed by atoms with E-state index >= 15 is 0 Å². The molecule has 0 spiro atoms. The molecule has 1 aromatic rings. The molecule has 0 aliphatic rings. The summed E-state index contributed by atoms with van der Waals surface area (Å²) in [6.07, 6.45) is 0. The fourth-order valence-corrected chi connectivity index (χ4v) is 2.23. The Hall–Kier alpha value is -1.44. The zero-order chi connectivity index (χ0) is 15.1. The van der Waals surface area contributed by atoms with Crippen molar-refractivity contribution in [2.45, 2.75) is 12.7 Å². The summed E-state index contributed by atoms with van der Waals surface area (Å²) in [5, 5.41) is 0. The first-order valence-electron chi connectivity index (χ1n) is 5.89. The number of carbonyl (C=O) groups excluding carboxylic acids is 1. The highest BCUT2D eigenvalue weighted by Gasteiger charge is 2.16. The second kappa shape index (κ2) is 7.98. The first-order chi connectivity index (χ1) is 9.51. The van der Waals surface area contributed by atoms with Crippen molar-refractivity contribution in [1.82, 2.24) is 0 Å². The summed E-state index contributed by atoms with van der Waals surface area (Å²) in [7, 11) is 2.82. The lowest BCUT2D eigenvalue weighted by Gasteiger charge is -2.17. The Morgan fingerprint density at radius 3 is 2.55 bits per heavy atom. The summed E-state index contributed by atoms with van der Waals surface area (Å²) in [5.41, 5.74) is 1.40. The highest BCUT2D eigenvalue weighted by Crippen LogP contribution is 2.28. The molecule has 1 rings (SSSR count). The van der Waals surface area contributed by atoms with Gasteiger partial charge < -0.3 is 18.8 Å². The molecule has 6 nitrogen and oxygen atoms in total. The summed E-state index contributed by atoms with van der Waals surface area (Å²) in [6.45, 7) is 2.31. The maximum absolute atomic E-state index is 11.6. The number of rotatable bonds is 7. The Morgan fingerprint density at radius 2 is 2.00 bits per heavy atom. The van der Waals surface area contributed by atoms with Gasteiger partial charge >= 0.3 is 5.97 Å². The van der Waals surface area contributed by atoms with Crippen LogP contribution >= 0.6 is 0 Å². The lowest BCUT2D eigenvalue weighted by atomic mass is 10.0. The SMILES string of the molecule is COCCOc1c(CS(=O)[O-])ccc(C(=O)OC)c1C. The van der Waals surface area contributed by atoms with E-state index in [9.17, 15) is 13.6 Å². The molecule has 0 aliphatic heterocycles. The van der Waals surface area contributed by atoms with Crippen LogP contribution in [0.5, 0.6) is 5.75 Å². The van der Waals surface area contributed by atoms with Gasteiger partial charge in [0.1, 0.15) is 12.4 Å². The zero-order valence-electron chi connectivity index (χ0n) is 11.6. The fraction of sp³-hybridized carbons (Fsp3) is 0.462. The quantitative estimate of drug-likeness (QED) is 0.427. The van der Waals surface area contributed by atoms with Crippen LogP contribution in [0.4, 0.5) is 0 Å². The molecule has 0 radical (unpaired) electrons. The van der Waals surface area contributed by atoms with Crippen LogP contribution < -0.4 is 4.74 Å². The third kappa shape index (κ3) is 4.29. The van der Waals surface area contributed by atoms with Crippen molar-refractivity contribution in [1.29, 1.82) is 0 Å².